The molecule has 4 aromatic carbocycles. The quantitative estimate of drug-likeness (QED) is 0.174. The third-order valence-electron chi connectivity index (χ3n) is 5.16. The van der Waals surface area contributed by atoms with Gasteiger partial charge in [0.1, 0.15) is 17.4 Å². The van der Waals surface area contributed by atoms with Crippen LogP contribution in [0.1, 0.15) is 26.3 Å². The molecule has 0 saturated carbocycles. The van der Waals surface area contributed by atoms with Crippen molar-refractivity contribution >= 4 is 40.4 Å². The van der Waals surface area contributed by atoms with Crippen LogP contribution in [0.2, 0.25) is 0 Å². The van der Waals surface area contributed by atoms with Crippen LogP contribution in [-0.2, 0) is 4.79 Å². The number of carbonyl (C=O) groups is 3. The molecule has 1 amide bonds. The van der Waals surface area contributed by atoms with Crippen molar-refractivity contribution < 1.29 is 24.2 Å². The first-order valence-corrected chi connectivity index (χ1v) is 10.5. The van der Waals surface area contributed by atoms with Gasteiger partial charge < -0.3 is 15.2 Å². The number of hydrogen-bond acceptors (Lipinski definition) is 5. The topological polar surface area (TPSA) is 116 Å². The van der Waals surface area contributed by atoms with Gasteiger partial charge in [-0.3, -0.25) is 4.79 Å². The fourth-order valence-electron chi connectivity index (χ4n) is 3.48. The molecule has 0 aliphatic rings. The Hall–Kier alpha value is -5.22. The summed E-state index contributed by atoms with van der Waals surface area (Å²) < 4.78 is 5.64. The molecule has 0 heterocycles. The number of amides is 1. The molecule has 0 radical (unpaired) electrons. The van der Waals surface area contributed by atoms with Gasteiger partial charge in [-0.25, -0.2) is 9.59 Å². The fourth-order valence-corrected chi connectivity index (χ4v) is 3.48. The lowest BCUT2D eigenvalue weighted by atomic mass is 10.0. The lowest BCUT2D eigenvalue weighted by Gasteiger charge is -2.10. The average molecular weight is 462 g/mol. The Kier molecular flexibility index (Phi) is 6.66. The van der Waals surface area contributed by atoms with Crippen LogP contribution < -0.4 is 10.1 Å². The van der Waals surface area contributed by atoms with Gasteiger partial charge in [0.2, 0.25) is 0 Å². The zero-order valence-corrected chi connectivity index (χ0v) is 18.3. The van der Waals surface area contributed by atoms with Gasteiger partial charge in [0.25, 0.3) is 5.91 Å². The summed E-state index contributed by atoms with van der Waals surface area (Å²) in [6.45, 7) is 0. The number of ether oxygens (including phenoxy) is 1. The SMILES string of the molecule is N#CC(=Cc1ccccc1OC(=O)c1cccc2ccccc12)C(=O)Nc1cccc(C(=O)O)c1. The highest BCUT2D eigenvalue weighted by molar-refractivity contribution is 6.10. The fraction of sp³-hybridized carbons (Fsp3) is 0. The van der Waals surface area contributed by atoms with Crippen molar-refractivity contribution in [3.63, 3.8) is 0 Å². The van der Waals surface area contributed by atoms with Gasteiger partial charge in [0, 0.05) is 11.3 Å². The maximum absolute atomic E-state index is 13.0. The second-order valence-electron chi connectivity index (χ2n) is 7.46. The van der Waals surface area contributed by atoms with E-state index in [9.17, 15) is 19.6 Å². The summed E-state index contributed by atoms with van der Waals surface area (Å²) in [6.07, 6.45) is 1.31. The summed E-state index contributed by atoms with van der Waals surface area (Å²) in [4.78, 5) is 36.8. The number of nitriles is 1. The second-order valence-corrected chi connectivity index (χ2v) is 7.46. The Morgan fingerprint density at radius 3 is 2.40 bits per heavy atom. The first kappa shape index (κ1) is 23.0. The molecule has 0 aliphatic carbocycles. The molecule has 35 heavy (non-hydrogen) atoms. The van der Waals surface area contributed by atoms with Gasteiger partial charge >= 0.3 is 11.9 Å². The summed E-state index contributed by atoms with van der Waals surface area (Å²) in [5.74, 6) is -2.26. The number of fused-ring (bicyclic) bond motifs is 1. The maximum Gasteiger partial charge on any atom is 0.344 e. The van der Waals surface area contributed by atoms with Crippen LogP contribution in [-0.4, -0.2) is 23.0 Å². The predicted octanol–water partition coefficient (Wildman–Crippen LogP) is 5.30. The van der Waals surface area contributed by atoms with Gasteiger partial charge in [-0.1, -0.05) is 60.7 Å². The Bertz CT molecular complexity index is 1530. The van der Waals surface area contributed by atoms with E-state index in [-0.39, 0.29) is 22.6 Å². The van der Waals surface area contributed by atoms with Gasteiger partial charge in [0.15, 0.2) is 0 Å². The largest absolute Gasteiger partial charge is 0.478 e. The summed E-state index contributed by atoms with van der Waals surface area (Å²) in [5.41, 5.74) is 0.715. The minimum Gasteiger partial charge on any atom is -0.478 e. The van der Waals surface area contributed by atoms with Crippen molar-refractivity contribution in [3.8, 4) is 11.8 Å². The highest BCUT2D eigenvalue weighted by atomic mass is 16.5. The Morgan fingerprint density at radius 2 is 1.60 bits per heavy atom. The van der Waals surface area contributed by atoms with E-state index in [2.05, 4.69) is 5.32 Å². The van der Waals surface area contributed by atoms with E-state index in [1.165, 1.54) is 30.3 Å². The van der Waals surface area contributed by atoms with Crippen LogP contribution in [0.3, 0.4) is 0 Å². The molecule has 2 N–H and O–H groups in total. The number of hydrogen-bond donors (Lipinski definition) is 2. The Morgan fingerprint density at radius 1 is 0.886 bits per heavy atom. The molecule has 0 saturated heterocycles. The van der Waals surface area contributed by atoms with Crippen LogP contribution in [0.15, 0.2) is 96.6 Å². The number of carboxylic acids is 1. The third-order valence-corrected chi connectivity index (χ3v) is 5.16. The van der Waals surface area contributed by atoms with Crippen molar-refractivity contribution in [3.05, 3.63) is 113 Å². The number of aromatic carboxylic acids is 1. The number of rotatable bonds is 6. The summed E-state index contributed by atoms with van der Waals surface area (Å²) >= 11 is 0. The highest BCUT2D eigenvalue weighted by Gasteiger charge is 2.16. The molecular weight excluding hydrogens is 444 g/mol. The summed E-state index contributed by atoms with van der Waals surface area (Å²) in [5, 5.41) is 22.8. The van der Waals surface area contributed by atoms with Crippen LogP contribution >= 0.6 is 0 Å². The van der Waals surface area contributed by atoms with Gasteiger partial charge in [-0.05, 0) is 47.2 Å². The van der Waals surface area contributed by atoms with Crippen LogP contribution in [0.5, 0.6) is 5.75 Å². The van der Waals surface area contributed by atoms with Gasteiger partial charge in [-0.15, -0.1) is 0 Å². The number of benzene rings is 4. The second kappa shape index (κ2) is 10.1. The molecule has 0 spiro atoms. The molecule has 0 unspecified atom stereocenters. The van der Waals surface area contributed by atoms with E-state index in [1.54, 1.807) is 36.4 Å². The van der Waals surface area contributed by atoms with Crippen molar-refractivity contribution in [1.29, 1.82) is 5.26 Å². The third kappa shape index (κ3) is 5.24. The van der Waals surface area contributed by atoms with Crippen LogP contribution in [0, 0.1) is 11.3 Å². The van der Waals surface area contributed by atoms with Crippen molar-refractivity contribution in [1.82, 2.24) is 0 Å². The maximum atomic E-state index is 13.0. The van der Waals surface area contributed by atoms with Crippen molar-refractivity contribution in [2.75, 3.05) is 5.32 Å². The molecule has 7 heteroatoms. The summed E-state index contributed by atoms with van der Waals surface area (Å²) in [6, 6.07) is 26.8. The van der Waals surface area contributed by atoms with Crippen molar-refractivity contribution in [2.24, 2.45) is 0 Å². The molecule has 7 nitrogen and oxygen atoms in total. The molecule has 4 rings (SSSR count). The monoisotopic (exact) mass is 462 g/mol. The normalized spacial score (nSPS) is 10.9. The molecule has 0 fully saturated rings. The lowest BCUT2D eigenvalue weighted by Crippen LogP contribution is -2.14. The minimum atomic E-state index is -1.14. The molecule has 0 bridgehead atoms. The Balaban J connectivity index is 1.60. The minimum absolute atomic E-state index is 0.00372. The number of carboxylic acid groups (broad SMARTS) is 1. The molecule has 0 atom stereocenters. The first-order chi connectivity index (χ1) is 17.0. The van der Waals surface area contributed by atoms with E-state index >= 15 is 0 Å². The number of carbonyl (C=O) groups excluding carboxylic acids is 2. The van der Waals surface area contributed by atoms with E-state index in [1.807, 2.05) is 36.4 Å². The number of anilines is 1. The molecular formula is C28H18N2O5. The lowest BCUT2D eigenvalue weighted by molar-refractivity contribution is -0.112. The number of para-hydroxylation sites is 1. The molecule has 0 aliphatic heterocycles. The van der Waals surface area contributed by atoms with E-state index in [0.717, 1.165) is 10.8 Å². The number of nitrogens with one attached hydrogen (secondary N) is 1. The highest BCUT2D eigenvalue weighted by Crippen LogP contribution is 2.25. The summed E-state index contributed by atoms with van der Waals surface area (Å²) in [7, 11) is 0. The smallest absolute Gasteiger partial charge is 0.344 e. The standard InChI is InChI=1S/C28H18N2O5/c29-17-21(26(31)30-22-11-5-10-20(16-22)27(32)33)15-19-8-2-4-14-25(19)35-28(34)24-13-6-9-18-7-1-3-12-23(18)24/h1-16H,(H,30,31)(H,32,33). The van der Waals surface area contributed by atoms with E-state index in [0.29, 0.717) is 11.1 Å². The molecule has 0 aromatic heterocycles. The predicted molar refractivity (Wildman–Crippen MR) is 131 cm³/mol. The van der Waals surface area contributed by atoms with E-state index in [4.69, 9.17) is 9.84 Å². The van der Waals surface area contributed by atoms with Crippen LogP contribution in [0.25, 0.3) is 16.8 Å². The number of esters is 1. The average Bonchev–Trinajstić information content (AvgIpc) is 2.87. The van der Waals surface area contributed by atoms with Crippen molar-refractivity contribution in [2.45, 2.75) is 0 Å². The number of nitrogens with zero attached hydrogens (tertiary/aromatic N) is 1. The zero-order valence-electron chi connectivity index (χ0n) is 18.3. The van der Waals surface area contributed by atoms with Gasteiger partial charge in [0.05, 0.1) is 11.1 Å². The van der Waals surface area contributed by atoms with Crippen LogP contribution in [0.4, 0.5) is 5.69 Å². The van der Waals surface area contributed by atoms with E-state index < -0.39 is 17.8 Å². The molecule has 170 valence electrons. The Labute approximate surface area is 200 Å². The molecule has 4 aromatic rings. The van der Waals surface area contributed by atoms with Gasteiger partial charge in [-0.2, -0.15) is 5.26 Å². The first-order valence-electron chi connectivity index (χ1n) is 10.5. The zero-order chi connectivity index (χ0) is 24.8.